The Morgan fingerprint density at radius 1 is 1.21 bits per heavy atom. The predicted molar refractivity (Wildman–Crippen MR) is 107 cm³/mol. The van der Waals surface area contributed by atoms with Crippen molar-refractivity contribution in [3.05, 3.63) is 64.0 Å². The Labute approximate surface area is 171 Å². The maximum Gasteiger partial charge on any atom is 0.282 e. The molecule has 0 spiro atoms. The highest BCUT2D eigenvalue weighted by atomic mass is 32.1. The molecule has 3 heterocycles. The monoisotopic (exact) mass is 406 g/mol. The topological polar surface area (TPSA) is 101 Å². The predicted octanol–water partition coefficient (Wildman–Crippen LogP) is 1.80. The second-order valence-electron chi connectivity index (χ2n) is 7.28. The van der Waals surface area contributed by atoms with Gasteiger partial charge in [0.25, 0.3) is 11.8 Å². The van der Waals surface area contributed by atoms with E-state index in [1.165, 1.54) is 16.2 Å². The molecule has 1 saturated carbocycles. The SMILES string of the molecule is CN1C(=O)[C@H](NC(=O)c2nnc(Cc3ccccc3)s2)[C@@H]2CC2c2nccnc21. The molecule has 3 aromatic rings. The lowest BCUT2D eigenvalue weighted by molar-refractivity contribution is -0.120. The van der Waals surface area contributed by atoms with Crippen LogP contribution in [0.3, 0.4) is 0 Å². The molecule has 29 heavy (non-hydrogen) atoms. The number of anilines is 1. The maximum absolute atomic E-state index is 13.0. The lowest BCUT2D eigenvalue weighted by Crippen LogP contribution is -2.48. The van der Waals surface area contributed by atoms with E-state index in [2.05, 4.69) is 25.5 Å². The van der Waals surface area contributed by atoms with Gasteiger partial charge in [0.05, 0.1) is 5.69 Å². The molecule has 0 saturated heterocycles. The molecular formula is C20H18N6O2S. The van der Waals surface area contributed by atoms with Crippen LogP contribution in [0.5, 0.6) is 0 Å². The minimum Gasteiger partial charge on any atom is -0.338 e. The van der Waals surface area contributed by atoms with Gasteiger partial charge >= 0.3 is 0 Å². The lowest BCUT2D eigenvalue weighted by Gasteiger charge is -2.22. The van der Waals surface area contributed by atoms with Crippen LogP contribution >= 0.6 is 11.3 Å². The molecule has 3 atom stereocenters. The first kappa shape index (κ1) is 17.9. The van der Waals surface area contributed by atoms with Gasteiger partial charge in [-0.05, 0) is 17.9 Å². The summed E-state index contributed by atoms with van der Waals surface area (Å²) in [6.45, 7) is 0. The molecule has 2 aliphatic rings. The molecule has 1 aliphatic carbocycles. The number of rotatable bonds is 4. The molecule has 9 heteroatoms. The van der Waals surface area contributed by atoms with Gasteiger partial charge in [0.15, 0.2) is 5.82 Å². The van der Waals surface area contributed by atoms with Crippen LogP contribution in [0.15, 0.2) is 42.7 Å². The van der Waals surface area contributed by atoms with E-state index >= 15 is 0 Å². The molecule has 1 unspecified atom stereocenters. The van der Waals surface area contributed by atoms with Crippen molar-refractivity contribution in [2.75, 3.05) is 11.9 Å². The van der Waals surface area contributed by atoms with Gasteiger partial charge in [-0.3, -0.25) is 19.5 Å². The third-order valence-electron chi connectivity index (χ3n) is 5.39. The molecule has 1 aromatic carbocycles. The number of nitrogens with zero attached hydrogens (tertiary/aromatic N) is 5. The second kappa shape index (κ2) is 7.00. The minimum absolute atomic E-state index is 0.0311. The van der Waals surface area contributed by atoms with E-state index in [1.807, 2.05) is 30.3 Å². The molecule has 146 valence electrons. The van der Waals surface area contributed by atoms with Gasteiger partial charge in [-0.15, -0.1) is 10.2 Å². The zero-order valence-electron chi connectivity index (χ0n) is 15.6. The van der Waals surface area contributed by atoms with Crippen molar-refractivity contribution in [3.8, 4) is 0 Å². The zero-order valence-corrected chi connectivity index (χ0v) is 16.5. The summed E-state index contributed by atoms with van der Waals surface area (Å²) in [5.74, 6) is 0.192. The summed E-state index contributed by atoms with van der Waals surface area (Å²) in [4.78, 5) is 36.0. The number of likely N-dealkylation sites (N-methyl/N-ethyl adjacent to an activating group) is 1. The van der Waals surface area contributed by atoms with Crippen LogP contribution in [0.1, 0.15) is 38.4 Å². The summed E-state index contributed by atoms with van der Waals surface area (Å²) in [6.07, 6.45) is 4.65. The Morgan fingerprint density at radius 3 is 2.83 bits per heavy atom. The van der Waals surface area contributed by atoms with Crippen molar-refractivity contribution < 1.29 is 9.59 Å². The molecule has 0 radical (unpaired) electrons. The number of nitrogens with one attached hydrogen (secondary N) is 1. The van der Waals surface area contributed by atoms with E-state index in [0.29, 0.717) is 12.2 Å². The third-order valence-corrected chi connectivity index (χ3v) is 6.31. The standard InChI is InChI=1S/C20H18N6O2S/c1-26-17-15(21-7-8-22-17)12-10-13(12)16(20(26)28)23-18(27)19-25-24-14(29-19)9-11-5-3-2-4-6-11/h2-8,12-13,16H,9-10H2,1H3,(H,23,27)/t12?,13-,16-/m1/s1. The van der Waals surface area contributed by atoms with Crippen LogP contribution in [-0.2, 0) is 11.2 Å². The van der Waals surface area contributed by atoms with Crippen molar-refractivity contribution in [2.45, 2.75) is 24.8 Å². The Balaban J connectivity index is 1.32. The van der Waals surface area contributed by atoms with Crippen molar-refractivity contribution in [3.63, 3.8) is 0 Å². The van der Waals surface area contributed by atoms with Crippen molar-refractivity contribution >= 4 is 29.0 Å². The average Bonchev–Trinajstić information content (AvgIpc) is 3.41. The Morgan fingerprint density at radius 2 is 2.00 bits per heavy atom. The molecule has 2 amide bonds. The second-order valence-corrected chi connectivity index (χ2v) is 8.35. The highest BCUT2D eigenvalue weighted by Crippen LogP contribution is 2.53. The Kier molecular flexibility index (Phi) is 4.31. The van der Waals surface area contributed by atoms with Gasteiger partial charge in [0.1, 0.15) is 11.0 Å². The summed E-state index contributed by atoms with van der Waals surface area (Å²) in [5.41, 5.74) is 1.93. The summed E-state index contributed by atoms with van der Waals surface area (Å²) < 4.78 is 0. The summed E-state index contributed by atoms with van der Waals surface area (Å²) in [7, 11) is 1.67. The zero-order chi connectivity index (χ0) is 20.0. The van der Waals surface area contributed by atoms with Crippen molar-refractivity contribution in [2.24, 2.45) is 5.92 Å². The van der Waals surface area contributed by atoms with Crippen LogP contribution in [-0.4, -0.2) is 45.1 Å². The molecular weight excluding hydrogens is 388 g/mol. The van der Waals surface area contributed by atoms with Crippen LogP contribution in [0.4, 0.5) is 5.82 Å². The molecule has 1 fully saturated rings. The van der Waals surface area contributed by atoms with E-state index in [4.69, 9.17) is 0 Å². The fraction of sp³-hybridized carbons (Fsp3) is 0.300. The van der Waals surface area contributed by atoms with Crippen LogP contribution < -0.4 is 10.2 Å². The normalized spacial score (nSPS) is 22.4. The fourth-order valence-electron chi connectivity index (χ4n) is 3.81. The van der Waals surface area contributed by atoms with Gasteiger partial charge in [-0.2, -0.15) is 0 Å². The van der Waals surface area contributed by atoms with E-state index in [0.717, 1.165) is 22.7 Å². The Hall–Kier alpha value is -3.20. The molecule has 8 nitrogen and oxygen atoms in total. The lowest BCUT2D eigenvalue weighted by atomic mass is 10.1. The highest BCUT2D eigenvalue weighted by Gasteiger charge is 2.53. The number of aromatic nitrogens is 4. The summed E-state index contributed by atoms with van der Waals surface area (Å²) in [5, 5.41) is 12.1. The third kappa shape index (κ3) is 3.27. The molecule has 1 N–H and O–H groups in total. The summed E-state index contributed by atoms with van der Waals surface area (Å²) in [6, 6.07) is 9.28. The van der Waals surface area contributed by atoms with E-state index in [-0.39, 0.29) is 28.7 Å². The van der Waals surface area contributed by atoms with Crippen LogP contribution in [0.25, 0.3) is 0 Å². The smallest absolute Gasteiger partial charge is 0.282 e. The van der Waals surface area contributed by atoms with Gasteiger partial charge in [-0.25, -0.2) is 4.98 Å². The first-order valence-corrected chi connectivity index (χ1v) is 10.2. The van der Waals surface area contributed by atoms with E-state index < -0.39 is 6.04 Å². The van der Waals surface area contributed by atoms with Crippen LogP contribution in [0.2, 0.25) is 0 Å². The largest absolute Gasteiger partial charge is 0.338 e. The van der Waals surface area contributed by atoms with Gasteiger partial charge in [-0.1, -0.05) is 41.7 Å². The van der Waals surface area contributed by atoms with E-state index in [9.17, 15) is 9.59 Å². The summed E-state index contributed by atoms with van der Waals surface area (Å²) >= 11 is 1.25. The number of hydrogen-bond donors (Lipinski definition) is 1. The van der Waals surface area contributed by atoms with Gasteiger partial charge in [0.2, 0.25) is 5.01 Å². The maximum atomic E-state index is 13.0. The number of fused-ring (bicyclic) bond motifs is 3. The number of benzene rings is 1. The number of hydrogen-bond acceptors (Lipinski definition) is 7. The van der Waals surface area contributed by atoms with Crippen LogP contribution in [0, 0.1) is 5.92 Å². The van der Waals surface area contributed by atoms with Gasteiger partial charge in [0, 0.05) is 31.8 Å². The molecule has 2 aromatic heterocycles. The fourth-order valence-corrected chi connectivity index (χ4v) is 4.59. The molecule has 0 bridgehead atoms. The first-order valence-electron chi connectivity index (χ1n) is 9.37. The average molecular weight is 406 g/mol. The van der Waals surface area contributed by atoms with Crippen molar-refractivity contribution in [1.29, 1.82) is 0 Å². The number of carbonyl (C=O) groups excluding carboxylic acids is 2. The van der Waals surface area contributed by atoms with Crippen molar-refractivity contribution in [1.82, 2.24) is 25.5 Å². The highest BCUT2D eigenvalue weighted by molar-refractivity contribution is 7.13. The Bertz CT molecular complexity index is 1090. The number of carbonyl (C=O) groups is 2. The minimum atomic E-state index is -0.616. The van der Waals surface area contributed by atoms with E-state index in [1.54, 1.807) is 19.4 Å². The molecule has 1 aliphatic heterocycles. The van der Waals surface area contributed by atoms with Gasteiger partial charge < -0.3 is 5.32 Å². The first-order chi connectivity index (χ1) is 14.1. The number of amides is 2. The molecule has 5 rings (SSSR count). The quantitative estimate of drug-likeness (QED) is 0.709.